The number of anilines is 1. The largest absolute Gasteiger partial charge is 0.359 e. The van der Waals surface area contributed by atoms with Crippen molar-refractivity contribution in [3.63, 3.8) is 0 Å². The lowest BCUT2D eigenvalue weighted by Gasteiger charge is -2.09. The number of thiazole rings is 1. The minimum absolute atomic E-state index is 0.419. The zero-order valence-corrected chi connectivity index (χ0v) is 9.24. The summed E-state index contributed by atoms with van der Waals surface area (Å²) >= 11 is 1.71. The van der Waals surface area contributed by atoms with Gasteiger partial charge in [-0.1, -0.05) is 6.08 Å². The smallest absolute Gasteiger partial charge is 0.183 e. The van der Waals surface area contributed by atoms with Crippen molar-refractivity contribution in [1.82, 2.24) is 4.98 Å². The molecule has 0 aromatic carbocycles. The second kappa shape index (κ2) is 4.42. The maximum Gasteiger partial charge on any atom is 0.183 e. The standard InChI is InChI=1S/C10H16N2S/c1-5-6-7(2)11-10-12-8(3)9(4)13-10/h5,7H,1,6H2,2-4H3,(H,11,12). The Morgan fingerprint density at radius 3 is 2.77 bits per heavy atom. The molecular formula is C10H16N2S. The van der Waals surface area contributed by atoms with E-state index < -0.39 is 0 Å². The van der Waals surface area contributed by atoms with Gasteiger partial charge in [0.1, 0.15) is 0 Å². The molecule has 1 aromatic rings. The van der Waals surface area contributed by atoms with Crippen LogP contribution in [0.4, 0.5) is 5.13 Å². The Hall–Kier alpha value is -0.830. The highest BCUT2D eigenvalue weighted by atomic mass is 32.1. The van der Waals surface area contributed by atoms with E-state index in [-0.39, 0.29) is 0 Å². The van der Waals surface area contributed by atoms with Crippen LogP contribution in [0.25, 0.3) is 0 Å². The molecule has 0 spiro atoms. The van der Waals surface area contributed by atoms with E-state index in [1.165, 1.54) is 4.88 Å². The molecule has 0 aliphatic carbocycles. The Balaban J connectivity index is 2.58. The van der Waals surface area contributed by atoms with Gasteiger partial charge in [-0.15, -0.1) is 17.9 Å². The summed E-state index contributed by atoms with van der Waals surface area (Å²) in [6, 6.07) is 0.419. The van der Waals surface area contributed by atoms with Gasteiger partial charge < -0.3 is 5.32 Å². The number of nitrogens with one attached hydrogen (secondary N) is 1. The van der Waals surface area contributed by atoms with Gasteiger partial charge in [-0.25, -0.2) is 4.98 Å². The van der Waals surface area contributed by atoms with Gasteiger partial charge in [0.15, 0.2) is 5.13 Å². The molecule has 1 aromatic heterocycles. The molecule has 1 atom stereocenters. The number of rotatable bonds is 4. The predicted molar refractivity (Wildman–Crippen MR) is 59.5 cm³/mol. The normalized spacial score (nSPS) is 12.5. The highest BCUT2D eigenvalue weighted by molar-refractivity contribution is 7.15. The zero-order chi connectivity index (χ0) is 9.84. The van der Waals surface area contributed by atoms with Gasteiger partial charge in [-0.3, -0.25) is 0 Å². The van der Waals surface area contributed by atoms with Crippen molar-refractivity contribution >= 4 is 16.5 Å². The van der Waals surface area contributed by atoms with E-state index in [1.807, 2.05) is 13.0 Å². The Morgan fingerprint density at radius 2 is 2.31 bits per heavy atom. The molecule has 0 saturated heterocycles. The van der Waals surface area contributed by atoms with E-state index in [1.54, 1.807) is 11.3 Å². The molecule has 3 heteroatoms. The third kappa shape index (κ3) is 2.84. The molecule has 1 rings (SSSR count). The second-order valence-corrected chi connectivity index (χ2v) is 4.43. The molecule has 2 nitrogen and oxygen atoms in total. The maximum absolute atomic E-state index is 4.41. The number of hydrogen-bond acceptors (Lipinski definition) is 3. The first-order chi connectivity index (χ1) is 6.13. The molecule has 72 valence electrons. The monoisotopic (exact) mass is 196 g/mol. The Labute approximate surface area is 83.7 Å². The quantitative estimate of drug-likeness (QED) is 0.748. The van der Waals surface area contributed by atoms with Gasteiger partial charge in [0.05, 0.1) is 5.69 Å². The molecule has 13 heavy (non-hydrogen) atoms. The van der Waals surface area contributed by atoms with E-state index >= 15 is 0 Å². The van der Waals surface area contributed by atoms with Crippen LogP contribution in [0.3, 0.4) is 0 Å². The lowest BCUT2D eigenvalue weighted by atomic mass is 10.2. The fraction of sp³-hybridized carbons (Fsp3) is 0.500. The molecule has 0 saturated carbocycles. The highest BCUT2D eigenvalue weighted by Gasteiger charge is 2.05. The summed E-state index contributed by atoms with van der Waals surface area (Å²) in [5, 5.41) is 4.36. The van der Waals surface area contributed by atoms with Crippen LogP contribution in [-0.2, 0) is 0 Å². The molecule has 0 amide bonds. The lowest BCUT2D eigenvalue weighted by molar-refractivity contribution is 0.811. The van der Waals surface area contributed by atoms with Gasteiger partial charge >= 0.3 is 0 Å². The topological polar surface area (TPSA) is 24.9 Å². The van der Waals surface area contributed by atoms with Gasteiger partial charge in [-0.05, 0) is 27.2 Å². The third-order valence-corrected chi connectivity index (χ3v) is 2.92. The van der Waals surface area contributed by atoms with Crippen LogP contribution in [-0.4, -0.2) is 11.0 Å². The van der Waals surface area contributed by atoms with E-state index in [4.69, 9.17) is 0 Å². The SMILES string of the molecule is C=CCC(C)Nc1nc(C)c(C)s1. The summed E-state index contributed by atoms with van der Waals surface area (Å²) < 4.78 is 0. The van der Waals surface area contributed by atoms with Crippen molar-refractivity contribution in [2.75, 3.05) is 5.32 Å². The average Bonchev–Trinajstić information content (AvgIpc) is 2.31. The number of nitrogens with zero attached hydrogens (tertiary/aromatic N) is 1. The first-order valence-electron chi connectivity index (χ1n) is 4.45. The molecule has 1 unspecified atom stereocenters. The van der Waals surface area contributed by atoms with E-state index in [0.717, 1.165) is 17.2 Å². The van der Waals surface area contributed by atoms with Gasteiger partial charge in [0.2, 0.25) is 0 Å². The van der Waals surface area contributed by atoms with Crippen molar-refractivity contribution < 1.29 is 0 Å². The molecule has 1 heterocycles. The first-order valence-corrected chi connectivity index (χ1v) is 5.26. The fourth-order valence-corrected chi connectivity index (χ4v) is 1.98. The van der Waals surface area contributed by atoms with Crippen molar-refractivity contribution in [2.45, 2.75) is 33.2 Å². The van der Waals surface area contributed by atoms with Crippen LogP contribution in [0, 0.1) is 13.8 Å². The zero-order valence-electron chi connectivity index (χ0n) is 8.42. The van der Waals surface area contributed by atoms with Crippen LogP contribution >= 0.6 is 11.3 Å². The molecular weight excluding hydrogens is 180 g/mol. The van der Waals surface area contributed by atoms with E-state index in [0.29, 0.717) is 6.04 Å². The van der Waals surface area contributed by atoms with E-state index in [9.17, 15) is 0 Å². The molecule has 0 fully saturated rings. The second-order valence-electron chi connectivity index (χ2n) is 3.23. The minimum Gasteiger partial charge on any atom is -0.359 e. The van der Waals surface area contributed by atoms with Gasteiger partial charge in [0.25, 0.3) is 0 Å². The fourth-order valence-electron chi connectivity index (χ4n) is 1.05. The van der Waals surface area contributed by atoms with Crippen molar-refractivity contribution in [1.29, 1.82) is 0 Å². The Morgan fingerprint density at radius 1 is 1.62 bits per heavy atom. The molecule has 0 bridgehead atoms. The lowest BCUT2D eigenvalue weighted by Crippen LogP contribution is -2.13. The molecule has 0 aliphatic heterocycles. The molecule has 0 aliphatic rings. The van der Waals surface area contributed by atoms with Crippen LogP contribution in [0.2, 0.25) is 0 Å². The predicted octanol–water partition coefficient (Wildman–Crippen LogP) is 3.14. The Bertz CT molecular complexity index is 272. The highest BCUT2D eigenvalue weighted by Crippen LogP contribution is 2.21. The van der Waals surface area contributed by atoms with Crippen LogP contribution in [0.5, 0.6) is 0 Å². The van der Waals surface area contributed by atoms with Crippen LogP contribution in [0.1, 0.15) is 23.9 Å². The number of hydrogen-bond donors (Lipinski definition) is 1. The summed E-state index contributed by atoms with van der Waals surface area (Å²) in [5.41, 5.74) is 1.12. The molecule has 1 N–H and O–H groups in total. The van der Waals surface area contributed by atoms with Crippen molar-refractivity contribution in [2.24, 2.45) is 0 Å². The Kier molecular flexibility index (Phi) is 3.48. The first kappa shape index (κ1) is 10.3. The minimum atomic E-state index is 0.419. The average molecular weight is 196 g/mol. The third-order valence-electron chi connectivity index (χ3n) is 1.92. The number of aromatic nitrogens is 1. The van der Waals surface area contributed by atoms with Gasteiger partial charge in [0, 0.05) is 10.9 Å². The van der Waals surface area contributed by atoms with Gasteiger partial charge in [-0.2, -0.15) is 0 Å². The summed E-state index contributed by atoms with van der Waals surface area (Å²) in [6.07, 6.45) is 2.89. The van der Waals surface area contributed by atoms with Crippen LogP contribution < -0.4 is 5.32 Å². The maximum atomic E-state index is 4.41. The summed E-state index contributed by atoms with van der Waals surface area (Å²) in [5.74, 6) is 0. The summed E-state index contributed by atoms with van der Waals surface area (Å²) in [7, 11) is 0. The number of aryl methyl sites for hydroxylation is 2. The molecule has 0 radical (unpaired) electrons. The summed E-state index contributed by atoms with van der Waals surface area (Å²) in [4.78, 5) is 5.69. The van der Waals surface area contributed by atoms with E-state index in [2.05, 4.69) is 30.7 Å². The summed E-state index contributed by atoms with van der Waals surface area (Å²) in [6.45, 7) is 9.97. The van der Waals surface area contributed by atoms with Crippen molar-refractivity contribution in [3.05, 3.63) is 23.2 Å². The van der Waals surface area contributed by atoms with Crippen molar-refractivity contribution in [3.8, 4) is 0 Å². The van der Waals surface area contributed by atoms with Crippen LogP contribution in [0.15, 0.2) is 12.7 Å².